The zero-order valence-electron chi connectivity index (χ0n) is 16.3. The van der Waals surface area contributed by atoms with E-state index in [2.05, 4.69) is 24.3 Å². The Morgan fingerprint density at radius 1 is 1.26 bits per heavy atom. The third-order valence-corrected chi connectivity index (χ3v) is 6.66. The number of aryl methyl sites for hydroxylation is 1. The molecule has 2 fully saturated rings. The molecule has 2 aliphatic rings. The first kappa shape index (κ1) is 22.2. The number of fused-ring (bicyclic) bond motifs is 2. The van der Waals surface area contributed by atoms with Crippen LogP contribution in [0.3, 0.4) is 0 Å². The molecule has 0 aliphatic heterocycles. The van der Waals surface area contributed by atoms with Crippen LogP contribution in [0.2, 0.25) is 5.02 Å². The summed E-state index contributed by atoms with van der Waals surface area (Å²) in [6, 6.07) is 5.90. The number of amides is 1. The van der Waals surface area contributed by atoms with E-state index in [-0.39, 0.29) is 13.3 Å². The van der Waals surface area contributed by atoms with Gasteiger partial charge in [0.05, 0.1) is 10.6 Å². The quantitative estimate of drug-likeness (QED) is 0.658. The van der Waals surface area contributed by atoms with Crippen molar-refractivity contribution in [1.29, 1.82) is 0 Å². The Balaban J connectivity index is 0.00000261. The van der Waals surface area contributed by atoms with Crippen LogP contribution >= 0.6 is 11.6 Å². The SMILES string of the molecule is C.CN(C)CCCc1ccc(Cl)c(C(=O)NCC23CCCC(CCC2)C3)c1. The monoisotopic (exact) mass is 392 g/mol. The van der Waals surface area contributed by atoms with Crippen molar-refractivity contribution < 1.29 is 4.79 Å². The first-order valence-corrected chi connectivity index (χ1v) is 10.6. The highest BCUT2D eigenvalue weighted by molar-refractivity contribution is 6.33. The summed E-state index contributed by atoms with van der Waals surface area (Å²) in [5.74, 6) is 0.879. The van der Waals surface area contributed by atoms with Crippen molar-refractivity contribution in [1.82, 2.24) is 10.2 Å². The molecule has 3 rings (SSSR count). The Hall–Kier alpha value is -1.06. The summed E-state index contributed by atoms with van der Waals surface area (Å²) in [4.78, 5) is 15.0. The molecule has 2 bridgehead atoms. The van der Waals surface area contributed by atoms with Gasteiger partial charge in [0.2, 0.25) is 0 Å². The minimum Gasteiger partial charge on any atom is -0.351 e. The first-order chi connectivity index (χ1) is 12.5. The number of halogens is 1. The molecule has 3 nitrogen and oxygen atoms in total. The van der Waals surface area contributed by atoms with Gasteiger partial charge in [-0.1, -0.05) is 50.8 Å². The van der Waals surface area contributed by atoms with Crippen molar-refractivity contribution in [3.05, 3.63) is 34.3 Å². The number of hydrogen-bond acceptors (Lipinski definition) is 2. The van der Waals surface area contributed by atoms with Crippen LogP contribution in [0.5, 0.6) is 0 Å². The van der Waals surface area contributed by atoms with Crippen LogP contribution in [0.1, 0.15) is 74.7 Å². The number of nitrogens with zero attached hydrogens (tertiary/aromatic N) is 1. The van der Waals surface area contributed by atoms with Crippen LogP contribution in [0.25, 0.3) is 0 Å². The van der Waals surface area contributed by atoms with E-state index in [0.29, 0.717) is 16.0 Å². The Labute approximate surface area is 170 Å². The normalized spacial score (nSPS) is 24.4. The van der Waals surface area contributed by atoms with Crippen molar-refractivity contribution in [2.24, 2.45) is 11.3 Å². The lowest BCUT2D eigenvalue weighted by Crippen LogP contribution is -2.43. The Morgan fingerprint density at radius 3 is 2.63 bits per heavy atom. The van der Waals surface area contributed by atoms with Crippen molar-refractivity contribution in [3.63, 3.8) is 0 Å². The van der Waals surface area contributed by atoms with E-state index in [1.54, 1.807) is 0 Å². The molecule has 0 atom stereocenters. The first-order valence-electron chi connectivity index (χ1n) is 10.2. The largest absolute Gasteiger partial charge is 0.351 e. The van der Waals surface area contributed by atoms with Gasteiger partial charge in [0.1, 0.15) is 0 Å². The fourth-order valence-corrected chi connectivity index (χ4v) is 5.14. The summed E-state index contributed by atoms with van der Waals surface area (Å²) >= 11 is 6.33. The second-order valence-electron chi connectivity index (χ2n) is 8.76. The zero-order valence-corrected chi connectivity index (χ0v) is 17.1. The summed E-state index contributed by atoms with van der Waals surface area (Å²) in [6.07, 6.45) is 11.3. The van der Waals surface area contributed by atoms with Crippen molar-refractivity contribution in [3.8, 4) is 0 Å². The summed E-state index contributed by atoms with van der Waals surface area (Å²) in [5, 5.41) is 3.78. The number of nitrogens with one attached hydrogen (secondary N) is 1. The topological polar surface area (TPSA) is 32.3 Å². The molecular formula is C23H37ClN2O. The van der Waals surface area contributed by atoms with E-state index in [1.807, 2.05) is 18.2 Å². The third-order valence-electron chi connectivity index (χ3n) is 6.33. The number of benzene rings is 1. The Morgan fingerprint density at radius 2 is 1.96 bits per heavy atom. The molecule has 4 heteroatoms. The Bertz CT molecular complexity index is 619. The molecule has 0 saturated heterocycles. The maximum atomic E-state index is 12.8. The van der Waals surface area contributed by atoms with Crippen molar-refractivity contribution in [2.45, 2.75) is 65.2 Å². The number of hydrogen-bond donors (Lipinski definition) is 1. The van der Waals surface area contributed by atoms with Crippen molar-refractivity contribution >= 4 is 17.5 Å². The zero-order chi connectivity index (χ0) is 18.6. The predicted molar refractivity (Wildman–Crippen MR) is 116 cm³/mol. The molecule has 1 amide bonds. The van der Waals surface area contributed by atoms with Gasteiger partial charge in [0, 0.05) is 6.54 Å². The lowest BCUT2D eigenvalue weighted by molar-refractivity contribution is 0.0681. The number of carbonyl (C=O) groups excluding carboxylic acids is 1. The number of rotatable bonds is 7. The third kappa shape index (κ3) is 5.96. The highest BCUT2D eigenvalue weighted by Crippen LogP contribution is 2.48. The molecule has 1 aromatic carbocycles. The molecule has 1 aromatic rings. The molecule has 27 heavy (non-hydrogen) atoms. The van der Waals surface area contributed by atoms with Gasteiger partial charge in [-0.15, -0.1) is 0 Å². The van der Waals surface area contributed by atoms with E-state index < -0.39 is 0 Å². The fraction of sp³-hybridized carbons (Fsp3) is 0.696. The fourth-order valence-electron chi connectivity index (χ4n) is 4.93. The van der Waals surface area contributed by atoms with Crippen LogP contribution in [-0.2, 0) is 6.42 Å². The van der Waals surface area contributed by atoms with Gasteiger partial charge in [-0.25, -0.2) is 0 Å². The molecule has 2 aliphatic carbocycles. The molecule has 0 radical (unpaired) electrons. The van der Waals surface area contributed by atoms with Crippen LogP contribution in [0, 0.1) is 11.3 Å². The van der Waals surface area contributed by atoms with Crippen molar-refractivity contribution in [2.75, 3.05) is 27.2 Å². The van der Waals surface area contributed by atoms with E-state index in [0.717, 1.165) is 31.8 Å². The van der Waals surface area contributed by atoms with Gasteiger partial charge >= 0.3 is 0 Å². The molecule has 0 aromatic heterocycles. The van der Waals surface area contributed by atoms with E-state index in [4.69, 9.17) is 11.6 Å². The van der Waals surface area contributed by atoms with Gasteiger partial charge in [0.15, 0.2) is 0 Å². The van der Waals surface area contributed by atoms with Crippen LogP contribution in [-0.4, -0.2) is 38.0 Å². The average Bonchev–Trinajstić information content (AvgIpc) is 2.61. The van der Waals surface area contributed by atoms with Gasteiger partial charge in [-0.2, -0.15) is 0 Å². The van der Waals surface area contributed by atoms with Crippen LogP contribution in [0.4, 0.5) is 0 Å². The average molecular weight is 393 g/mol. The van der Waals surface area contributed by atoms with Crippen LogP contribution < -0.4 is 5.32 Å². The van der Waals surface area contributed by atoms with E-state index in [1.165, 1.54) is 50.5 Å². The Kier molecular flexibility index (Phi) is 8.18. The standard InChI is InChI=1S/C22H33ClN2O.CH4/c1-25(2)13-5-8-17-9-10-20(23)19(14-17)21(26)24-16-22-11-3-6-18(15-22)7-4-12-22;/h9-10,14,18H,3-8,11-13,15-16H2,1-2H3,(H,24,26);1H4. The second kappa shape index (κ2) is 9.93. The predicted octanol–water partition coefficient (Wildman–Crippen LogP) is 5.56. The molecular weight excluding hydrogens is 356 g/mol. The van der Waals surface area contributed by atoms with Gasteiger partial charge in [-0.05, 0) is 81.8 Å². The lowest BCUT2D eigenvalue weighted by Gasteiger charge is -2.45. The van der Waals surface area contributed by atoms with Gasteiger partial charge in [-0.3, -0.25) is 4.79 Å². The lowest BCUT2D eigenvalue weighted by atomic mass is 9.62. The summed E-state index contributed by atoms with van der Waals surface area (Å²) in [7, 11) is 4.17. The molecule has 0 spiro atoms. The highest BCUT2D eigenvalue weighted by atomic mass is 35.5. The molecule has 0 heterocycles. The van der Waals surface area contributed by atoms with E-state index >= 15 is 0 Å². The summed E-state index contributed by atoms with van der Waals surface area (Å²) in [5.41, 5.74) is 2.16. The van der Waals surface area contributed by atoms with Gasteiger partial charge in [0.25, 0.3) is 5.91 Å². The van der Waals surface area contributed by atoms with E-state index in [9.17, 15) is 4.79 Å². The number of carbonyl (C=O) groups is 1. The minimum absolute atomic E-state index is 0. The molecule has 1 N–H and O–H groups in total. The molecule has 0 unspecified atom stereocenters. The van der Waals surface area contributed by atoms with Gasteiger partial charge < -0.3 is 10.2 Å². The molecule has 2 saturated carbocycles. The smallest absolute Gasteiger partial charge is 0.252 e. The maximum Gasteiger partial charge on any atom is 0.252 e. The minimum atomic E-state index is -0.00784. The molecule has 152 valence electrons. The summed E-state index contributed by atoms with van der Waals surface area (Å²) in [6.45, 7) is 1.86. The van der Waals surface area contributed by atoms with Crippen LogP contribution in [0.15, 0.2) is 18.2 Å². The highest BCUT2D eigenvalue weighted by Gasteiger charge is 2.39. The second-order valence-corrected chi connectivity index (χ2v) is 9.17. The summed E-state index contributed by atoms with van der Waals surface area (Å²) < 4.78 is 0. The maximum absolute atomic E-state index is 12.8.